The molecule has 6 nitrogen and oxygen atoms in total. The second-order valence-electron chi connectivity index (χ2n) is 8.09. The van der Waals surface area contributed by atoms with Crippen molar-refractivity contribution in [2.24, 2.45) is 0 Å². The van der Waals surface area contributed by atoms with Crippen LogP contribution in [0, 0.1) is 6.92 Å². The molecule has 7 heteroatoms. The van der Waals surface area contributed by atoms with Gasteiger partial charge in [-0.1, -0.05) is 42.0 Å². The van der Waals surface area contributed by atoms with E-state index in [0.717, 1.165) is 27.7 Å². The third-order valence-electron chi connectivity index (χ3n) is 5.63. The Kier molecular flexibility index (Phi) is 6.04. The molecule has 2 aromatic heterocycles. The van der Waals surface area contributed by atoms with Gasteiger partial charge in [0.05, 0.1) is 23.6 Å². The Hall–Kier alpha value is -3.68. The number of aromatic nitrogens is 2. The molecule has 172 valence electrons. The van der Waals surface area contributed by atoms with Gasteiger partial charge in [-0.2, -0.15) is 8.42 Å². The summed E-state index contributed by atoms with van der Waals surface area (Å²) in [4.78, 5) is 4.79. The molecule has 5 aromatic rings. The molecule has 34 heavy (non-hydrogen) atoms. The van der Waals surface area contributed by atoms with E-state index in [1.165, 1.54) is 5.39 Å². The lowest BCUT2D eigenvalue weighted by Crippen LogP contribution is -2.10. The van der Waals surface area contributed by atoms with Crippen LogP contribution in [0.5, 0.6) is 5.75 Å². The molecule has 0 aliphatic carbocycles. The molecular formula is C27H24N2O4S. The molecule has 0 N–H and O–H groups in total. The van der Waals surface area contributed by atoms with Crippen molar-refractivity contribution in [2.45, 2.75) is 18.2 Å². The quantitative estimate of drug-likeness (QED) is 0.215. The monoisotopic (exact) mass is 472 g/mol. The highest BCUT2D eigenvalue weighted by molar-refractivity contribution is 7.86. The number of rotatable bonds is 8. The molecular weight excluding hydrogens is 448 g/mol. The van der Waals surface area contributed by atoms with Gasteiger partial charge in [-0.3, -0.25) is 4.18 Å². The zero-order chi connectivity index (χ0) is 23.5. The molecule has 0 saturated carbocycles. The van der Waals surface area contributed by atoms with Crippen LogP contribution in [0.1, 0.15) is 12.0 Å². The van der Waals surface area contributed by atoms with E-state index >= 15 is 0 Å². The highest BCUT2D eigenvalue weighted by atomic mass is 32.2. The van der Waals surface area contributed by atoms with Gasteiger partial charge in [0.25, 0.3) is 10.1 Å². The smallest absolute Gasteiger partial charge is 0.296 e. The summed E-state index contributed by atoms with van der Waals surface area (Å²) in [5, 5.41) is 3.20. The number of ether oxygens (including phenoxy) is 1. The summed E-state index contributed by atoms with van der Waals surface area (Å²) < 4.78 is 37.5. The molecule has 2 heterocycles. The summed E-state index contributed by atoms with van der Waals surface area (Å²) in [6, 6.07) is 24.8. The third-order valence-corrected chi connectivity index (χ3v) is 6.96. The van der Waals surface area contributed by atoms with Crippen molar-refractivity contribution in [2.75, 3.05) is 13.2 Å². The highest BCUT2D eigenvalue weighted by Crippen LogP contribution is 2.25. The number of pyridine rings is 1. The van der Waals surface area contributed by atoms with Crippen molar-refractivity contribution in [1.29, 1.82) is 0 Å². The Labute approximate surface area is 198 Å². The molecule has 0 saturated heterocycles. The van der Waals surface area contributed by atoms with E-state index < -0.39 is 10.1 Å². The van der Waals surface area contributed by atoms with Crippen LogP contribution in [0.2, 0.25) is 0 Å². The molecule has 0 spiro atoms. The molecule has 0 aliphatic heterocycles. The van der Waals surface area contributed by atoms with Crippen molar-refractivity contribution >= 4 is 31.8 Å². The van der Waals surface area contributed by atoms with E-state index in [-0.39, 0.29) is 11.5 Å². The van der Waals surface area contributed by atoms with Crippen LogP contribution >= 0.6 is 0 Å². The first-order chi connectivity index (χ1) is 16.5. The fourth-order valence-corrected chi connectivity index (χ4v) is 4.75. The van der Waals surface area contributed by atoms with Crippen molar-refractivity contribution in [3.8, 4) is 11.6 Å². The largest absolute Gasteiger partial charge is 0.493 e. The van der Waals surface area contributed by atoms with Gasteiger partial charge in [-0.05, 0) is 60.2 Å². The van der Waals surface area contributed by atoms with Crippen LogP contribution in [-0.2, 0) is 14.3 Å². The van der Waals surface area contributed by atoms with E-state index in [4.69, 9.17) is 8.92 Å². The predicted octanol–water partition coefficient (Wildman–Crippen LogP) is 5.66. The summed E-state index contributed by atoms with van der Waals surface area (Å²) in [7, 11) is -3.75. The second kappa shape index (κ2) is 9.29. The van der Waals surface area contributed by atoms with Crippen LogP contribution in [0.25, 0.3) is 27.5 Å². The summed E-state index contributed by atoms with van der Waals surface area (Å²) >= 11 is 0. The first-order valence-corrected chi connectivity index (χ1v) is 12.5. The normalized spacial score (nSPS) is 11.8. The Bertz CT molecular complexity index is 1560. The molecule has 0 aliphatic rings. The molecule has 0 unspecified atom stereocenters. The average Bonchev–Trinajstić information content (AvgIpc) is 3.28. The lowest BCUT2D eigenvalue weighted by molar-refractivity contribution is 0.251. The average molecular weight is 473 g/mol. The summed E-state index contributed by atoms with van der Waals surface area (Å²) in [5.41, 5.74) is 2.10. The van der Waals surface area contributed by atoms with Crippen molar-refractivity contribution in [3.63, 3.8) is 0 Å². The molecule has 0 bridgehead atoms. The van der Waals surface area contributed by atoms with Gasteiger partial charge < -0.3 is 9.30 Å². The van der Waals surface area contributed by atoms with Gasteiger partial charge in [-0.25, -0.2) is 4.98 Å². The minimum atomic E-state index is -3.75. The van der Waals surface area contributed by atoms with Crippen molar-refractivity contribution < 1.29 is 17.3 Å². The van der Waals surface area contributed by atoms with Crippen molar-refractivity contribution in [1.82, 2.24) is 9.55 Å². The fourth-order valence-electron chi connectivity index (χ4n) is 3.80. The molecule has 5 rings (SSSR count). The van der Waals surface area contributed by atoms with Gasteiger partial charge in [0, 0.05) is 24.2 Å². The zero-order valence-electron chi connectivity index (χ0n) is 18.7. The maximum atomic E-state index is 12.2. The topological polar surface area (TPSA) is 70.4 Å². The van der Waals surface area contributed by atoms with Gasteiger partial charge in [0.15, 0.2) is 0 Å². The maximum absolute atomic E-state index is 12.2. The lowest BCUT2D eigenvalue weighted by atomic mass is 10.1. The van der Waals surface area contributed by atoms with Gasteiger partial charge in [-0.15, -0.1) is 0 Å². The second-order valence-corrected chi connectivity index (χ2v) is 9.70. The number of hydrogen-bond donors (Lipinski definition) is 0. The van der Waals surface area contributed by atoms with Crippen molar-refractivity contribution in [3.05, 3.63) is 96.8 Å². The molecule has 0 amide bonds. The van der Waals surface area contributed by atoms with E-state index in [0.29, 0.717) is 18.8 Å². The first kappa shape index (κ1) is 22.1. The van der Waals surface area contributed by atoms with Gasteiger partial charge >= 0.3 is 0 Å². The molecule has 0 atom stereocenters. The number of fused-ring (bicyclic) bond motifs is 2. The maximum Gasteiger partial charge on any atom is 0.296 e. The number of nitrogens with zero attached hydrogens (tertiary/aromatic N) is 2. The van der Waals surface area contributed by atoms with Crippen LogP contribution in [0.3, 0.4) is 0 Å². The van der Waals surface area contributed by atoms with E-state index in [1.54, 1.807) is 24.3 Å². The Balaban J connectivity index is 1.20. The van der Waals surface area contributed by atoms with Gasteiger partial charge in [0.2, 0.25) is 0 Å². The SMILES string of the molecule is Cc1ccc(S(=O)(=O)OCCCOc2ccc3cc(-n4ccc5ccccc54)ncc3c2)cc1. The molecule has 0 fully saturated rings. The number of para-hydroxylation sites is 1. The van der Waals surface area contributed by atoms with E-state index in [9.17, 15) is 8.42 Å². The summed E-state index contributed by atoms with van der Waals surface area (Å²) in [6.45, 7) is 2.30. The van der Waals surface area contributed by atoms with Crippen LogP contribution in [0.4, 0.5) is 0 Å². The first-order valence-electron chi connectivity index (χ1n) is 11.0. The number of benzene rings is 3. The van der Waals surface area contributed by atoms with Crippen LogP contribution < -0.4 is 4.74 Å². The Morgan fingerprint density at radius 1 is 0.853 bits per heavy atom. The third kappa shape index (κ3) is 4.66. The van der Waals surface area contributed by atoms with Crippen LogP contribution in [0.15, 0.2) is 96.2 Å². The molecule has 0 radical (unpaired) electrons. The Morgan fingerprint density at radius 2 is 1.68 bits per heavy atom. The van der Waals surface area contributed by atoms with E-state index in [2.05, 4.69) is 33.8 Å². The number of hydrogen-bond acceptors (Lipinski definition) is 5. The predicted molar refractivity (Wildman–Crippen MR) is 133 cm³/mol. The lowest BCUT2D eigenvalue weighted by Gasteiger charge is -2.10. The summed E-state index contributed by atoms with van der Waals surface area (Å²) in [5.74, 6) is 1.56. The fraction of sp³-hybridized carbons (Fsp3) is 0.148. The minimum Gasteiger partial charge on any atom is -0.493 e. The highest BCUT2D eigenvalue weighted by Gasteiger charge is 2.14. The molecule has 3 aromatic carbocycles. The zero-order valence-corrected chi connectivity index (χ0v) is 19.5. The van der Waals surface area contributed by atoms with Gasteiger partial charge in [0.1, 0.15) is 11.6 Å². The Morgan fingerprint density at radius 3 is 2.53 bits per heavy atom. The van der Waals surface area contributed by atoms with E-state index in [1.807, 2.05) is 49.6 Å². The van der Waals surface area contributed by atoms with Crippen LogP contribution in [-0.4, -0.2) is 31.2 Å². The number of aryl methyl sites for hydroxylation is 1. The minimum absolute atomic E-state index is 0.0551. The summed E-state index contributed by atoms with van der Waals surface area (Å²) in [6.07, 6.45) is 4.31. The standard InChI is InChI=1S/C27H24N2O4S/c1-20-7-11-25(12-8-20)34(30,31)33-16-4-15-32-24-10-9-22-18-27(28-19-23(22)17-24)29-14-13-21-5-2-3-6-26(21)29/h2-3,5-14,17-19H,4,15-16H2,1H3.